The van der Waals surface area contributed by atoms with Crippen LogP contribution in [0.25, 0.3) is 0 Å². The molecule has 0 unspecified atom stereocenters. The van der Waals surface area contributed by atoms with E-state index >= 15 is 0 Å². The SMILES string of the molecule is CC(=O)OCC(=O)Nc1cc(N2CCO[C@H]([C@@H](O)C(=O)Nc3ccc(C#N)cc3)C2=O)ccc1C. The summed E-state index contributed by atoms with van der Waals surface area (Å²) in [5.74, 6) is -2.59. The molecule has 0 bridgehead atoms. The molecule has 2 aromatic rings. The lowest BCUT2D eigenvalue weighted by molar-refractivity contribution is -0.150. The van der Waals surface area contributed by atoms with Crippen molar-refractivity contribution in [2.75, 3.05) is 35.3 Å². The molecule has 0 radical (unpaired) electrons. The predicted molar refractivity (Wildman–Crippen MR) is 124 cm³/mol. The van der Waals surface area contributed by atoms with E-state index in [1.165, 1.54) is 36.1 Å². The zero-order valence-corrected chi connectivity index (χ0v) is 19.1. The van der Waals surface area contributed by atoms with Gasteiger partial charge in [-0.2, -0.15) is 5.26 Å². The van der Waals surface area contributed by atoms with Gasteiger partial charge in [0.15, 0.2) is 18.8 Å². The summed E-state index contributed by atoms with van der Waals surface area (Å²) in [6.07, 6.45) is -3.22. The highest BCUT2D eigenvalue weighted by Crippen LogP contribution is 2.26. The molecule has 1 saturated heterocycles. The maximum absolute atomic E-state index is 13.1. The molecule has 3 amide bonds. The second kappa shape index (κ2) is 11.2. The van der Waals surface area contributed by atoms with Gasteiger partial charge in [0.25, 0.3) is 17.7 Å². The van der Waals surface area contributed by atoms with Crippen LogP contribution in [0, 0.1) is 18.3 Å². The third-order valence-electron chi connectivity index (χ3n) is 5.17. The molecule has 3 N–H and O–H groups in total. The maximum atomic E-state index is 13.1. The van der Waals surface area contributed by atoms with Crippen LogP contribution < -0.4 is 15.5 Å². The highest BCUT2D eigenvalue weighted by atomic mass is 16.5. The number of ether oxygens (including phenoxy) is 2. The Bertz CT molecular complexity index is 1170. The van der Waals surface area contributed by atoms with Crippen molar-refractivity contribution in [3.63, 3.8) is 0 Å². The van der Waals surface area contributed by atoms with Crippen molar-refractivity contribution in [3.8, 4) is 6.07 Å². The molecule has 35 heavy (non-hydrogen) atoms. The molecule has 2 aromatic carbocycles. The van der Waals surface area contributed by atoms with Crippen molar-refractivity contribution >= 4 is 40.8 Å². The summed E-state index contributed by atoms with van der Waals surface area (Å²) in [5.41, 5.74) is 2.31. The van der Waals surface area contributed by atoms with Crippen molar-refractivity contribution in [3.05, 3.63) is 53.6 Å². The van der Waals surface area contributed by atoms with Crippen molar-refractivity contribution in [2.24, 2.45) is 0 Å². The molecule has 0 aliphatic carbocycles. The van der Waals surface area contributed by atoms with Crippen LogP contribution in [0.5, 0.6) is 0 Å². The molecule has 182 valence electrons. The zero-order valence-electron chi connectivity index (χ0n) is 19.1. The van der Waals surface area contributed by atoms with Crippen LogP contribution in [-0.2, 0) is 28.7 Å². The molecule has 1 heterocycles. The van der Waals surface area contributed by atoms with Crippen LogP contribution in [0.2, 0.25) is 0 Å². The van der Waals surface area contributed by atoms with Gasteiger partial charge < -0.3 is 30.1 Å². The van der Waals surface area contributed by atoms with Crippen molar-refractivity contribution in [1.82, 2.24) is 0 Å². The fraction of sp³-hybridized carbons (Fsp3) is 0.292. The van der Waals surface area contributed by atoms with E-state index in [9.17, 15) is 24.3 Å². The number of rotatable bonds is 7. The number of aliphatic hydroxyl groups is 1. The summed E-state index contributed by atoms with van der Waals surface area (Å²) >= 11 is 0. The number of hydrogen-bond donors (Lipinski definition) is 3. The smallest absolute Gasteiger partial charge is 0.303 e. The van der Waals surface area contributed by atoms with Gasteiger partial charge >= 0.3 is 5.97 Å². The Kier molecular flexibility index (Phi) is 8.14. The first-order valence-electron chi connectivity index (χ1n) is 10.7. The van der Waals surface area contributed by atoms with E-state index in [2.05, 4.69) is 15.4 Å². The van der Waals surface area contributed by atoms with Crippen LogP contribution in [0.15, 0.2) is 42.5 Å². The summed E-state index contributed by atoms with van der Waals surface area (Å²) in [7, 11) is 0. The van der Waals surface area contributed by atoms with Crippen LogP contribution in [0.1, 0.15) is 18.1 Å². The number of nitrogens with zero attached hydrogens (tertiary/aromatic N) is 2. The number of morpholine rings is 1. The van der Waals surface area contributed by atoms with Gasteiger partial charge in [-0.25, -0.2) is 0 Å². The van der Waals surface area contributed by atoms with Crippen molar-refractivity contribution < 1.29 is 33.8 Å². The van der Waals surface area contributed by atoms with Gasteiger partial charge in [-0.15, -0.1) is 0 Å². The number of amides is 3. The number of carbonyl (C=O) groups excluding carboxylic acids is 4. The molecular weight excluding hydrogens is 456 g/mol. The van der Waals surface area contributed by atoms with Gasteiger partial charge in [0.1, 0.15) is 0 Å². The van der Waals surface area contributed by atoms with Crippen LogP contribution in [-0.4, -0.2) is 60.8 Å². The number of benzene rings is 2. The second-order valence-electron chi connectivity index (χ2n) is 7.73. The number of hydrogen-bond acceptors (Lipinski definition) is 8. The van der Waals surface area contributed by atoms with E-state index < -0.39 is 42.5 Å². The van der Waals surface area contributed by atoms with E-state index in [0.29, 0.717) is 28.2 Å². The van der Waals surface area contributed by atoms with Gasteiger partial charge in [-0.3, -0.25) is 19.2 Å². The largest absolute Gasteiger partial charge is 0.456 e. The fourth-order valence-corrected chi connectivity index (χ4v) is 3.34. The molecule has 0 saturated carbocycles. The van der Waals surface area contributed by atoms with Crippen LogP contribution in [0.4, 0.5) is 17.1 Å². The molecule has 1 aliphatic heterocycles. The van der Waals surface area contributed by atoms with Crippen LogP contribution >= 0.6 is 0 Å². The monoisotopic (exact) mass is 480 g/mol. The minimum absolute atomic E-state index is 0.0691. The van der Waals surface area contributed by atoms with Crippen molar-refractivity contribution in [1.29, 1.82) is 5.26 Å². The third kappa shape index (κ3) is 6.41. The number of anilines is 3. The summed E-state index contributed by atoms with van der Waals surface area (Å²) in [4.78, 5) is 49.9. The second-order valence-corrected chi connectivity index (χ2v) is 7.73. The Morgan fingerprint density at radius 2 is 1.94 bits per heavy atom. The van der Waals surface area contributed by atoms with Gasteiger partial charge in [-0.1, -0.05) is 6.07 Å². The average molecular weight is 480 g/mol. The molecule has 3 rings (SSSR count). The number of nitriles is 1. The van der Waals surface area contributed by atoms with E-state index in [-0.39, 0.29) is 13.2 Å². The molecule has 11 nitrogen and oxygen atoms in total. The number of nitrogens with one attached hydrogen (secondary N) is 2. The molecule has 0 aromatic heterocycles. The molecular formula is C24H24N4O7. The lowest BCUT2D eigenvalue weighted by Crippen LogP contribution is -2.55. The molecule has 2 atom stereocenters. The minimum atomic E-state index is -1.78. The van der Waals surface area contributed by atoms with Gasteiger partial charge in [0.05, 0.1) is 18.2 Å². The Morgan fingerprint density at radius 3 is 2.60 bits per heavy atom. The van der Waals surface area contributed by atoms with Gasteiger partial charge in [0.2, 0.25) is 0 Å². The van der Waals surface area contributed by atoms with E-state index in [1.54, 1.807) is 25.1 Å². The van der Waals surface area contributed by atoms with E-state index in [4.69, 9.17) is 10.00 Å². The first-order chi connectivity index (χ1) is 16.7. The quantitative estimate of drug-likeness (QED) is 0.497. The number of carbonyl (C=O) groups is 4. The molecule has 1 fully saturated rings. The van der Waals surface area contributed by atoms with Crippen LogP contribution in [0.3, 0.4) is 0 Å². The lowest BCUT2D eigenvalue weighted by atomic mass is 10.1. The normalized spacial score (nSPS) is 16.1. The Labute approximate surface area is 201 Å². The summed E-state index contributed by atoms with van der Waals surface area (Å²) in [6.45, 7) is 2.74. The lowest BCUT2D eigenvalue weighted by Gasteiger charge is -2.34. The minimum Gasteiger partial charge on any atom is -0.456 e. The zero-order chi connectivity index (χ0) is 25.5. The number of aryl methyl sites for hydroxylation is 1. The standard InChI is InChI=1S/C24H24N4O7/c1-14-3-8-18(11-19(14)27-20(30)13-35-15(2)29)28-9-10-34-22(24(28)33)21(31)23(32)26-17-6-4-16(12-25)5-7-17/h3-8,11,21-22,31H,9-10,13H2,1-2H3,(H,26,32)(H,27,30)/t21-,22-/m1/s1. The Hall–Kier alpha value is -4.27. The Balaban J connectivity index is 1.70. The molecule has 11 heteroatoms. The van der Waals surface area contributed by atoms with Gasteiger partial charge in [0, 0.05) is 30.5 Å². The highest BCUT2D eigenvalue weighted by Gasteiger charge is 2.39. The number of esters is 1. The predicted octanol–water partition coefficient (Wildman–Crippen LogP) is 1.10. The summed E-state index contributed by atoms with van der Waals surface area (Å²) in [5, 5.41) is 24.5. The third-order valence-corrected chi connectivity index (χ3v) is 5.17. The molecule has 0 spiro atoms. The summed E-state index contributed by atoms with van der Waals surface area (Å²) in [6, 6.07) is 12.9. The first kappa shape index (κ1) is 25.4. The number of aliphatic hydroxyl groups excluding tert-OH is 1. The average Bonchev–Trinajstić information content (AvgIpc) is 2.84. The van der Waals surface area contributed by atoms with E-state index in [0.717, 1.165) is 0 Å². The summed E-state index contributed by atoms with van der Waals surface area (Å²) < 4.78 is 10.1. The maximum Gasteiger partial charge on any atom is 0.303 e. The molecule has 1 aliphatic rings. The Morgan fingerprint density at radius 1 is 1.23 bits per heavy atom. The topological polar surface area (TPSA) is 158 Å². The highest BCUT2D eigenvalue weighted by molar-refractivity contribution is 6.04. The fourth-order valence-electron chi connectivity index (χ4n) is 3.34. The first-order valence-corrected chi connectivity index (χ1v) is 10.7. The van der Waals surface area contributed by atoms with Gasteiger partial charge in [-0.05, 0) is 48.9 Å². The van der Waals surface area contributed by atoms with E-state index in [1.807, 2.05) is 6.07 Å². The van der Waals surface area contributed by atoms with Crippen molar-refractivity contribution in [2.45, 2.75) is 26.1 Å².